The summed E-state index contributed by atoms with van der Waals surface area (Å²) in [6.07, 6.45) is 5.96. The van der Waals surface area contributed by atoms with E-state index in [4.69, 9.17) is 0 Å². The van der Waals surface area contributed by atoms with Crippen molar-refractivity contribution in [1.29, 1.82) is 0 Å². The van der Waals surface area contributed by atoms with Gasteiger partial charge in [-0.15, -0.1) is 0 Å². The van der Waals surface area contributed by atoms with Crippen molar-refractivity contribution in [2.45, 2.75) is 31.7 Å². The first kappa shape index (κ1) is 14.6. The van der Waals surface area contributed by atoms with Crippen LogP contribution in [0.1, 0.15) is 36.5 Å². The first-order chi connectivity index (χ1) is 10.5. The van der Waals surface area contributed by atoms with Crippen LogP contribution in [0.15, 0.2) is 36.7 Å². The summed E-state index contributed by atoms with van der Waals surface area (Å²) in [4.78, 5) is 16.3. The number of nitrogens with one attached hydrogen (secondary N) is 1. The molecule has 1 aromatic carbocycles. The molecule has 2 aromatic rings. The summed E-state index contributed by atoms with van der Waals surface area (Å²) in [5.41, 5.74) is 1.09. The Morgan fingerprint density at radius 3 is 2.36 bits per heavy atom. The van der Waals surface area contributed by atoms with Gasteiger partial charge in [0.1, 0.15) is 11.6 Å². The number of hydrogen-bond acceptors (Lipinski definition) is 2. The maximum atomic E-state index is 13.3. The summed E-state index contributed by atoms with van der Waals surface area (Å²) in [5, 5.41) is 2.98. The average molecular weight is 302 g/mol. The van der Waals surface area contributed by atoms with Gasteiger partial charge in [-0.25, -0.2) is 8.78 Å². The quantitative estimate of drug-likeness (QED) is 0.939. The van der Waals surface area contributed by atoms with E-state index in [-0.39, 0.29) is 11.4 Å². The lowest BCUT2D eigenvalue weighted by atomic mass is 9.78. The van der Waals surface area contributed by atoms with Gasteiger partial charge in [-0.2, -0.15) is 0 Å². The van der Waals surface area contributed by atoms with Gasteiger partial charge in [0.2, 0.25) is 0 Å². The number of amides is 1. The SMILES string of the molecule is CC1(NC(=O)c2cncc(-c3cc(F)cc(F)c3)c2)CCC1. The summed E-state index contributed by atoms with van der Waals surface area (Å²) >= 11 is 0. The van der Waals surface area contributed by atoms with Crippen LogP contribution in [0.5, 0.6) is 0 Å². The van der Waals surface area contributed by atoms with Gasteiger partial charge < -0.3 is 5.32 Å². The summed E-state index contributed by atoms with van der Waals surface area (Å²) < 4.78 is 26.6. The molecule has 1 fully saturated rings. The number of aromatic nitrogens is 1. The van der Waals surface area contributed by atoms with Crippen molar-refractivity contribution in [2.75, 3.05) is 0 Å². The summed E-state index contributed by atoms with van der Waals surface area (Å²) in [5.74, 6) is -1.54. The number of pyridine rings is 1. The van der Waals surface area contributed by atoms with Crippen molar-refractivity contribution in [2.24, 2.45) is 0 Å². The number of carbonyl (C=O) groups excluding carboxylic acids is 1. The normalized spacial score (nSPS) is 16.0. The molecule has 3 nitrogen and oxygen atoms in total. The van der Waals surface area contributed by atoms with E-state index in [0.29, 0.717) is 16.7 Å². The largest absolute Gasteiger partial charge is 0.347 e. The van der Waals surface area contributed by atoms with Crippen LogP contribution >= 0.6 is 0 Å². The second-order valence-corrected chi connectivity index (χ2v) is 5.99. The van der Waals surface area contributed by atoms with Gasteiger partial charge in [0.25, 0.3) is 5.91 Å². The number of carbonyl (C=O) groups is 1. The first-order valence-electron chi connectivity index (χ1n) is 7.19. The van der Waals surface area contributed by atoms with Gasteiger partial charge >= 0.3 is 0 Å². The molecule has 0 aliphatic heterocycles. The van der Waals surface area contributed by atoms with Crippen molar-refractivity contribution in [3.05, 3.63) is 53.9 Å². The summed E-state index contributed by atoms with van der Waals surface area (Å²) in [6.45, 7) is 2.01. The third-order valence-electron chi connectivity index (χ3n) is 4.07. The van der Waals surface area contributed by atoms with E-state index < -0.39 is 11.6 Å². The van der Waals surface area contributed by atoms with Gasteiger partial charge in [-0.1, -0.05) is 0 Å². The minimum absolute atomic E-state index is 0.155. The van der Waals surface area contributed by atoms with E-state index in [1.54, 1.807) is 6.07 Å². The minimum Gasteiger partial charge on any atom is -0.347 e. The molecule has 1 saturated carbocycles. The zero-order valence-electron chi connectivity index (χ0n) is 12.2. The predicted octanol–water partition coefficient (Wildman–Crippen LogP) is 3.70. The highest BCUT2D eigenvalue weighted by atomic mass is 19.1. The molecule has 0 atom stereocenters. The first-order valence-corrected chi connectivity index (χ1v) is 7.19. The lowest BCUT2D eigenvalue weighted by Gasteiger charge is -2.39. The number of rotatable bonds is 3. The highest BCUT2D eigenvalue weighted by Crippen LogP contribution is 2.31. The molecule has 114 valence electrons. The van der Waals surface area contributed by atoms with E-state index in [0.717, 1.165) is 25.3 Å². The van der Waals surface area contributed by atoms with Gasteiger partial charge in [0.05, 0.1) is 5.56 Å². The molecule has 0 radical (unpaired) electrons. The van der Waals surface area contributed by atoms with Crippen molar-refractivity contribution in [1.82, 2.24) is 10.3 Å². The molecule has 0 saturated heterocycles. The fourth-order valence-electron chi connectivity index (χ4n) is 2.62. The third-order valence-corrected chi connectivity index (χ3v) is 4.07. The van der Waals surface area contributed by atoms with Crippen LogP contribution in [0.25, 0.3) is 11.1 Å². The monoisotopic (exact) mass is 302 g/mol. The van der Waals surface area contributed by atoms with E-state index in [2.05, 4.69) is 10.3 Å². The second-order valence-electron chi connectivity index (χ2n) is 5.99. The Kier molecular flexibility index (Phi) is 3.64. The predicted molar refractivity (Wildman–Crippen MR) is 79.3 cm³/mol. The molecule has 0 bridgehead atoms. The van der Waals surface area contributed by atoms with Gasteiger partial charge in [0, 0.05) is 29.6 Å². The fraction of sp³-hybridized carbons (Fsp3) is 0.294. The van der Waals surface area contributed by atoms with E-state index >= 15 is 0 Å². The highest BCUT2D eigenvalue weighted by molar-refractivity contribution is 5.95. The third kappa shape index (κ3) is 2.98. The van der Waals surface area contributed by atoms with Crippen molar-refractivity contribution in [3.63, 3.8) is 0 Å². The molecular formula is C17H16F2N2O. The van der Waals surface area contributed by atoms with Crippen LogP contribution in [-0.2, 0) is 0 Å². The molecule has 22 heavy (non-hydrogen) atoms. The van der Waals surface area contributed by atoms with Gasteiger partial charge in [0.15, 0.2) is 0 Å². The average Bonchev–Trinajstić information content (AvgIpc) is 2.44. The van der Waals surface area contributed by atoms with E-state index in [1.807, 2.05) is 6.92 Å². The molecular weight excluding hydrogens is 286 g/mol. The van der Waals surface area contributed by atoms with Gasteiger partial charge in [-0.3, -0.25) is 9.78 Å². The van der Waals surface area contributed by atoms with E-state index in [1.165, 1.54) is 24.5 Å². The zero-order valence-corrected chi connectivity index (χ0v) is 12.2. The van der Waals surface area contributed by atoms with Crippen LogP contribution in [-0.4, -0.2) is 16.4 Å². The van der Waals surface area contributed by atoms with Crippen LogP contribution in [0.3, 0.4) is 0 Å². The smallest absolute Gasteiger partial charge is 0.253 e. The fourth-order valence-corrected chi connectivity index (χ4v) is 2.62. The molecule has 0 spiro atoms. The molecule has 1 N–H and O–H groups in total. The Morgan fingerprint density at radius 2 is 1.77 bits per heavy atom. The molecule has 3 rings (SSSR count). The number of hydrogen-bond donors (Lipinski definition) is 1. The Labute approximate surface area is 127 Å². The van der Waals surface area contributed by atoms with Crippen LogP contribution in [0.4, 0.5) is 8.78 Å². The number of nitrogens with zero attached hydrogens (tertiary/aromatic N) is 1. The summed E-state index contributed by atoms with van der Waals surface area (Å²) in [6, 6.07) is 4.84. The zero-order chi connectivity index (χ0) is 15.7. The molecule has 1 aliphatic carbocycles. The van der Waals surface area contributed by atoms with Crippen molar-refractivity contribution in [3.8, 4) is 11.1 Å². The maximum Gasteiger partial charge on any atom is 0.253 e. The molecule has 1 amide bonds. The van der Waals surface area contributed by atoms with Crippen LogP contribution in [0.2, 0.25) is 0 Å². The highest BCUT2D eigenvalue weighted by Gasteiger charge is 2.33. The maximum absolute atomic E-state index is 13.3. The Balaban J connectivity index is 1.87. The van der Waals surface area contributed by atoms with Gasteiger partial charge in [-0.05, 0) is 49.9 Å². The van der Waals surface area contributed by atoms with E-state index in [9.17, 15) is 13.6 Å². The van der Waals surface area contributed by atoms with Crippen molar-refractivity contribution < 1.29 is 13.6 Å². The number of halogens is 2. The van der Waals surface area contributed by atoms with Crippen LogP contribution in [0, 0.1) is 11.6 Å². The molecule has 0 unspecified atom stereocenters. The molecule has 1 heterocycles. The lowest BCUT2D eigenvalue weighted by Crippen LogP contribution is -2.50. The molecule has 5 heteroatoms. The molecule has 1 aliphatic rings. The van der Waals surface area contributed by atoms with Crippen molar-refractivity contribution >= 4 is 5.91 Å². The Hall–Kier alpha value is -2.30. The second kappa shape index (κ2) is 5.48. The lowest BCUT2D eigenvalue weighted by molar-refractivity contribution is 0.0850. The minimum atomic E-state index is -0.660. The molecule has 1 aromatic heterocycles. The topological polar surface area (TPSA) is 42.0 Å². The Morgan fingerprint density at radius 1 is 1.09 bits per heavy atom. The summed E-state index contributed by atoms with van der Waals surface area (Å²) in [7, 11) is 0. The van der Waals surface area contributed by atoms with Crippen LogP contribution < -0.4 is 5.32 Å². The number of benzene rings is 1. The Bertz CT molecular complexity index is 706. The standard InChI is InChI=1S/C17H16F2N2O/c1-17(3-2-4-17)21-16(22)13-5-12(9-20-10-13)11-6-14(18)8-15(19)7-11/h5-10H,2-4H2,1H3,(H,21,22).